The topological polar surface area (TPSA) is 71.1 Å². The summed E-state index contributed by atoms with van der Waals surface area (Å²) < 4.78 is 0. The first-order chi connectivity index (χ1) is 11.5. The van der Waals surface area contributed by atoms with Crippen molar-refractivity contribution in [3.8, 4) is 11.3 Å². The molecule has 1 aromatic heterocycles. The molecule has 2 aromatic rings. The molecule has 1 heterocycles. The Morgan fingerprint density at radius 1 is 1.04 bits per heavy atom. The molecule has 0 aliphatic rings. The molecule has 2 rings (SSSR count). The molecule has 0 bridgehead atoms. The van der Waals surface area contributed by atoms with Crippen LogP contribution in [0.1, 0.15) is 30.8 Å². The molecule has 0 unspecified atom stereocenters. The zero-order chi connectivity index (χ0) is 17.5. The summed E-state index contributed by atoms with van der Waals surface area (Å²) in [7, 11) is 1.57. The van der Waals surface area contributed by atoms with Gasteiger partial charge in [0.05, 0.1) is 5.69 Å². The van der Waals surface area contributed by atoms with Crippen LogP contribution in [0, 0.1) is 5.92 Å². The van der Waals surface area contributed by atoms with Crippen molar-refractivity contribution in [1.29, 1.82) is 0 Å². The Balaban J connectivity index is 2.18. The third kappa shape index (κ3) is 4.65. The van der Waals surface area contributed by atoms with Gasteiger partial charge in [0.1, 0.15) is 11.7 Å². The zero-order valence-corrected chi connectivity index (χ0v) is 14.2. The molecule has 0 aliphatic carbocycles. The van der Waals surface area contributed by atoms with E-state index in [0.29, 0.717) is 12.1 Å². The fourth-order valence-corrected chi connectivity index (χ4v) is 2.44. The standard InChI is InChI=1S/C19H23N3O2/c1-13(2)12-17(18(23)20-3)22-19(24)16-11-7-10-15(21-16)14-8-5-4-6-9-14/h4-11,13,17H,12H2,1-3H3,(H,20,23)(H,22,24)/t17-/m0/s1. The molecule has 0 radical (unpaired) electrons. The summed E-state index contributed by atoms with van der Waals surface area (Å²) in [6, 6.07) is 14.4. The van der Waals surface area contributed by atoms with Crippen LogP contribution in [0.2, 0.25) is 0 Å². The predicted octanol–water partition coefficient (Wildman–Crippen LogP) is 2.64. The lowest BCUT2D eigenvalue weighted by Gasteiger charge is -2.19. The second-order valence-corrected chi connectivity index (χ2v) is 6.04. The Hall–Kier alpha value is -2.69. The highest BCUT2D eigenvalue weighted by Gasteiger charge is 2.22. The van der Waals surface area contributed by atoms with Crippen LogP contribution in [0.25, 0.3) is 11.3 Å². The molecular formula is C19H23N3O2. The van der Waals surface area contributed by atoms with Crippen LogP contribution < -0.4 is 10.6 Å². The summed E-state index contributed by atoms with van der Waals surface area (Å²) in [4.78, 5) is 28.9. The number of nitrogens with one attached hydrogen (secondary N) is 2. The van der Waals surface area contributed by atoms with Crippen molar-refractivity contribution >= 4 is 11.8 Å². The van der Waals surface area contributed by atoms with E-state index >= 15 is 0 Å². The molecule has 5 nitrogen and oxygen atoms in total. The van der Waals surface area contributed by atoms with Gasteiger partial charge in [-0.3, -0.25) is 9.59 Å². The van der Waals surface area contributed by atoms with Crippen molar-refractivity contribution in [2.75, 3.05) is 7.05 Å². The van der Waals surface area contributed by atoms with E-state index in [9.17, 15) is 9.59 Å². The lowest BCUT2D eigenvalue weighted by molar-refractivity contribution is -0.122. The van der Waals surface area contributed by atoms with Gasteiger partial charge in [-0.05, 0) is 24.5 Å². The molecule has 24 heavy (non-hydrogen) atoms. The van der Waals surface area contributed by atoms with E-state index < -0.39 is 6.04 Å². The maximum Gasteiger partial charge on any atom is 0.270 e. The number of benzene rings is 1. The lowest BCUT2D eigenvalue weighted by Crippen LogP contribution is -2.46. The number of amides is 2. The second kappa shape index (κ2) is 8.24. The number of hydrogen-bond donors (Lipinski definition) is 2. The van der Waals surface area contributed by atoms with Crippen molar-refractivity contribution in [2.24, 2.45) is 5.92 Å². The third-order valence-corrected chi connectivity index (χ3v) is 3.63. The van der Waals surface area contributed by atoms with Crippen LogP contribution in [0.4, 0.5) is 0 Å². The molecule has 0 aliphatic heterocycles. The van der Waals surface area contributed by atoms with E-state index in [1.54, 1.807) is 19.2 Å². The Bertz CT molecular complexity index is 699. The normalized spacial score (nSPS) is 11.8. The van der Waals surface area contributed by atoms with Crippen LogP contribution >= 0.6 is 0 Å². The van der Waals surface area contributed by atoms with Crippen molar-refractivity contribution in [1.82, 2.24) is 15.6 Å². The summed E-state index contributed by atoms with van der Waals surface area (Å²) in [5.74, 6) is -0.255. The van der Waals surface area contributed by atoms with Gasteiger partial charge in [0, 0.05) is 12.6 Å². The van der Waals surface area contributed by atoms with Crippen molar-refractivity contribution < 1.29 is 9.59 Å². The molecule has 0 saturated heterocycles. The average molecular weight is 325 g/mol. The first-order valence-electron chi connectivity index (χ1n) is 8.06. The van der Waals surface area contributed by atoms with E-state index in [1.165, 1.54) is 0 Å². The van der Waals surface area contributed by atoms with Crippen LogP contribution in [0.5, 0.6) is 0 Å². The van der Waals surface area contributed by atoms with Gasteiger partial charge in [-0.15, -0.1) is 0 Å². The summed E-state index contributed by atoms with van der Waals surface area (Å²) >= 11 is 0. The zero-order valence-electron chi connectivity index (χ0n) is 14.2. The molecule has 0 spiro atoms. The fraction of sp³-hybridized carbons (Fsp3) is 0.316. The van der Waals surface area contributed by atoms with Crippen LogP contribution in [-0.2, 0) is 4.79 Å². The Morgan fingerprint density at radius 2 is 1.75 bits per heavy atom. The summed E-state index contributed by atoms with van der Waals surface area (Å²) in [5, 5.41) is 5.37. The smallest absolute Gasteiger partial charge is 0.270 e. The molecule has 126 valence electrons. The van der Waals surface area contributed by atoms with Gasteiger partial charge in [-0.25, -0.2) is 4.98 Å². The minimum absolute atomic E-state index is 0.198. The van der Waals surface area contributed by atoms with Gasteiger partial charge >= 0.3 is 0 Å². The maximum absolute atomic E-state index is 12.5. The molecule has 1 atom stereocenters. The number of likely N-dealkylation sites (N-methyl/N-ethyl adjacent to an activating group) is 1. The largest absolute Gasteiger partial charge is 0.357 e. The van der Waals surface area contributed by atoms with E-state index in [1.807, 2.05) is 50.2 Å². The molecule has 5 heteroatoms. The van der Waals surface area contributed by atoms with Gasteiger partial charge in [0.2, 0.25) is 5.91 Å². The van der Waals surface area contributed by atoms with E-state index in [4.69, 9.17) is 0 Å². The van der Waals surface area contributed by atoms with Gasteiger partial charge < -0.3 is 10.6 Å². The van der Waals surface area contributed by atoms with E-state index in [-0.39, 0.29) is 17.7 Å². The SMILES string of the molecule is CNC(=O)[C@H](CC(C)C)NC(=O)c1cccc(-c2ccccc2)n1. The van der Waals surface area contributed by atoms with Gasteiger partial charge in [0.25, 0.3) is 5.91 Å². The van der Waals surface area contributed by atoms with Crippen LogP contribution in [0.15, 0.2) is 48.5 Å². The molecule has 2 N–H and O–H groups in total. The average Bonchev–Trinajstić information content (AvgIpc) is 2.61. The van der Waals surface area contributed by atoms with Crippen molar-refractivity contribution in [3.63, 3.8) is 0 Å². The monoisotopic (exact) mass is 325 g/mol. The highest BCUT2D eigenvalue weighted by Crippen LogP contribution is 2.16. The number of aromatic nitrogens is 1. The molecule has 1 aromatic carbocycles. The molecule has 2 amide bonds. The Morgan fingerprint density at radius 3 is 2.38 bits per heavy atom. The van der Waals surface area contributed by atoms with Crippen molar-refractivity contribution in [3.05, 3.63) is 54.2 Å². The van der Waals surface area contributed by atoms with E-state index in [0.717, 1.165) is 11.3 Å². The first-order valence-corrected chi connectivity index (χ1v) is 8.06. The lowest BCUT2D eigenvalue weighted by atomic mass is 10.0. The molecule has 0 fully saturated rings. The number of carbonyl (C=O) groups excluding carboxylic acids is 2. The first kappa shape index (κ1) is 17.7. The van der Waals surface area contributed by atoms with Gasteiger partial charge in [-0.1, -0.05) is 50.2 Å². The van der Waals surface area contributed by atoms with E-state index in [2.05, 4.69) is 15.6 Å². The quantitative estimate of drug-likeness (QED) is 0.858. The number of rotatable bonds is 6. The molecular weight excluding hydrogens is 302 g/mol. The van der Waals surface area contributed by atoms with Crippen LogP contribution in [0.3, 0.4) is 0 Å². The van der Waals surface area contributed by atoms with Crippen molar-refractivity contribution in [2.45, 2.75) is 26.3 Å². The number of hydrogen-bond acceptors (Lipinski definition) is 3. The van der Waals surface area contributed by atoms with Gasteiger partial charge in [-0.2, -0.15) is 0 Å². The number of pyridine rings is 1. The predicted molar refractivity (Wildman–Crippen MR) is 94.4 cm³/mol. The number of carbonyl (C=O) groups is 2. The fourth-order valence-electron chi connectivity index (χ4n) is 2.44. The minimum atomic E-state index is -0.565. The highest BCUT2D eigenvalue weighted by atomic mass is 16.2. The Labute approximate surface area is 142 Å². The van der Waals surface area contributed by atoms with Crippen LogP contribution in [-0.4, -0.2) is 29.9 Å². The highest BCUT2D eigenvalue weighted by molar-refractivity contribution is 5.96. The summed E-state index contributed by atoms with van der Waals surface area (Å²) in [6.07, 6.45) is 0.573. The minimum Gasteiger partial charge on any atom is -0.357 e. The summed E-state index contributed by atoms with van der Waals surface area (Å²) in [6.45, 7) is 4.02. The summed E-state index contributed by atoms with van der Waals surface area (Å²) in [5.41, 5.74) is 1.97. The Kier molecular flexibility index (Phi) is 6.07. The molecule has 0 saturated carbocycles. The maximum atomic E-state index is 12.5. The third-order valence-electron chi connectivity index (χ3n) is 3.63. The second-order valence-electron chi connectivity index (χ2n) is 6.04. The van der Waals surface area contributed by atoms with Gasteiger partial charge in [0.15, 0.2) is 0 Å². The number of nitrogens with zero attached hydrogens (tertiary/aromatic N) is 1.